The molecule has 0 aliphatic carbocycles. The van der Waals surface area contributed by atoms with Crippen LogP contribution in [-0.4, -0.2) is 11.9 Å². The number of halogens is 1. The van der Waals surface area contributed by atoms with Crippen molar-refractivity contribution in [3.63, 3.8) is 0 Å². The Labute approximate surface area is 117 Å². The number of benzene rings is 1. The van der Waals surface area contributed by atoms with Gasteiger partial charge in [-0.2, -0.15) is 0 Å². The molecule has 0 aliphatic heterocycles. The number of nitrogens with zero attached hydrogens (tertiary/aromatic N) is 1. The fourth-order valence-corrected chi connectivity index (χ4v) is 3.09. The molecule has 0 fully saturated rings. The van der Waals surface area contributed by atoms with Gasteiger partial charge >= 0.3 is 0 Å². The summed E-state index contributed by atoms with van der Waals surface area (Å²) in [5, 5.41) is 0. The monoisotopic (exact) mass is 280 g/mol. The number of nitrogen functional groups attached to an aromatic ring is 1. The van der Waals surface area contributed by atoms with Crippen LogP contribution < -0.4 is 5.73 Å². The SMILES string of the molecule is Cc1c(N)cccc1CN(C)Cc1ccc(Cl)s1. The minimum atomic E-state index is 0.846. The summed E-state index contributed by atoms with van der Waals surface area (Å²) >= 11 is 7.57. The molecule has 2 rings (SSSR count). The van der Waals surface area contributed by atoms with Gasteiger partial charge in [0.15, 0.2) is 0 Å². The molecular weight excluding hydrogens is 264 g/mol. The lowest BCUT2D eigenvalue weighted by molar-refractivity contribution is 0.321. The Kier molecular flexibility index (Phi) is 4.27. The third-order valence-electron chi connectivity index (χ3n) is 2.98. The molecule has 0 aliphatic rings. The third kappa shape index (κ3) is 3.25. The average Bonchev–Trinajstić information content (AvgIpc) is 2.70. The molecule has 0 radical (unpaired) electrons. The predicted molar refractivity (Wildman–Crippen MR) is 80.1 cm³/mol. The lowest BCUT2D eigenvalue weighted by Gasteiger charge is -2.17. The summed E-state index contributed by atoms with van der Waals surface area (Å²) in [5.41, 5.74) is 9.23. The van der Waals surface area contributed by atoms with Crippen molar-refractivity contribution in [2.24, 2.45) is 0 Å². The van der Waals surface area contributed by atoms with Crippen LogP contribution in [0.2, 0.25) is 4.34 Å². The number of anilines is 1. The third-order valence-corrected chi connectivity index (χ3v) is 4.20. The van der Waals surface area contributed by atoms with Gasteiger partial charge in [-0.1, -0.05) is 23.7 Å². The fourth-order valence-electron chi connectivity index (χ4n) is 1.92. The van der Waals surface area contributed by atoms with Gasteiger partial charge in [0.2, 0.25) is 0 Å². The topological polar surface area (TPSA) is 29.3 Å². The van der Waals surface area contributed by atoms with E-state index in [0.717, 1.165) is 23.1 Å². The Morgan fingerprint density at radius 1 is 1.22 bits per heavy atom. The van der Waals surface area contributed by atoms with Gasteiger partial charge in [0, 0.05) is 23.7 Å². The number of thiophene rings is 1. The number of nitrogens with two attached hydrogens (primary N) is 1. The highest BCUT2D eigenvalue weighted by Gasteiger charge is 2.07. The molecule has 2 N–H and O–H groups in total. The van der Waals surface area contributed by atoms with Gasteiger partial charge in [-0.25, -0.2) is 0 Å². The minimum absolute atomic E-state index is 0.846. The number of hydrogen-bond donors (Lipinski definition) is 1. The first kappa shape index (κ1) is 13.4. The van der Waals surface area contributed by atoms with Crippen molar-refractivity contribution in [2.75, 3.05) is 12.8 Å². The molecule has 18 heavy (non-hydrogen) atoms. The largest absolute Gasteiger partial charge is 0.399 e. The van der Waals surface area contributed by atoms with Crippen molar-refractivity contribution >= 4 is 28.6 Å². The van der Waals surface area contributed by atoms with E-state index in [2.05, 4.69) is 31.0 Å². The van der Waals surface area contributed by atoms with E-state index in [4.69, 9.17) is 17.3 Å². The van der Waals surface area contributed by atoms with Crippen LogP contribution in [0, 0.1) is 6.92 Å². The van der Waals surface area contributed by atoms with Crippen LogP contribution in [0.3, 0.4) is 0 Å². The standard InChI is InChI=1S/C14H17ClN2S/c1-10-11(4-3-5-13(10)16)8-17(2)9-12-6-7-14(15)18-12/h3-7H,8-9,16H2,1-2H3. The molecule has 1 aromatic heterocycles. The van der Waals surface area contributed by atoms with Crippen LogP contribution in [0.1, 0.15) is 16.0 Å². The maximum absolute atomic E-state index is 5.93. The lowest BCUT2D eigenvalue weighted by atomic mass is 10.1. The van der Waals surface area contributed by atoms with Gasteiger partial charge in [0.05, 0.1) is 4.34 Å². The van der Waals surface area contributed by atoms with Crippen molar-refractivity contribution in [1.82, 2.24) is 4.90 Å². The lowest BCUT2D eigenvalue weighted by Crippen LogP contribution is -2.17. The maximum atomic E-state index is 5.93. The van der Waals surface area contributed by atoms with Gasteiger partial charge in [0.1, 0.15) is 0 Å². The van der Waals surface area contributed by atoms with Crippen molar-refractivity contribution < 1.29 is 0 Å². The average molecular weight is 281 g/mol. The summed E-state index contributed by atoms with van der Waals surface area (Å²) in [5.74, 6) is 0. The molecule has 0 amide bonds. The van der Waals surface area contributed by atoms with Gasteiger partial charge < -0.3 is 5.73 Å². The number of hydrogen-bond acceptors (Lipinski definition) is 3. The summed E-state index contributed by atoms with van der Waals surface area (Å²) in [4.78, 5) is 3.55. The molecule has 0 unspecified atom stereocenters. The van der Waals surface area contributed by atoms with Crippen molar-refractivity contribution in [3.05, 3.63) is 50.7 Å². The van der Waals surface area contributed by atoms with Gasteiger partial charge in [-0.15, -0.1) is 11.3 Å². The molecule has 1 aromatic carbocycles. The Morgan fingerprint density at radius 3 is 2.67 bits per heavy atom. The van der Waals surface area contributed by atoms with E-state index in [1.165, 1.54) is 16.0 Å². The zero-order chi connectivity index (χ0) is 13.1. The quantitative estimate of drug-likeness (QED) is 0.860. The predicted octanol–water partition coefficient (Wildman–Crippen LogP) is 3.92. The van der Waals surface area contributed by atoms with Gasteiger partial charge in [-0.05, 0) is 43.3 Å². The number of rotatable bonds is 4. The molecule has 2 aromatic rings. The van der Waals surface area contributed by atoms with E-state index < -0.39 is 0 Å². The van der Waals surface area contributed by atoms with Gasteiger partial charge in [0.25, 0.3) is 0 Å². The zero-order valence-electron chi connectivity index (χ0n) is 10.6. The van der Waals surface area contributed by atoms with Crippen LogP contribution >= 0.6 is 22.9 Å². The van der Waals surface area contributed by atoms with Crippen molar-refractivity contribution in [1.29, 1.82) is 0 Å². The summed E-state index contributed by atoms with van der Waals surface area (Å²) in [6, 6.07) is 10.1. The first-order valence-corrected chi connectivity index (χ1v) is 7.02. The second kappa shape index (κ2) is 5.74. The molecule has 0 spiro atoms. The van der Waals surface area contributed by atoms with E-state index in [1.807, 2.05) is 18.2 Å². The van der Waals surface area contributed by atoms with E-state index in [0.29, 0.717) is 0 Å². The summed E-state index contributed by atoms with van der Waals surface area (Å²) in [6.45, 7) is 3.87. The van der Waals surface area contributed by atoms with Crippen LogP contribution in [0.5, 0.6) is 0 Å². The summed E-state index contributed by atoms with van der Waals surface area (Å²) < 4.78 is 0.846. The highest BCUT2D eigenvalue weighted by Crippen LogP contribution is 2.23. The molecule has 96 valence electrons. The highest BCUT2D eigenvalue weighted by molar-refractivity contribution is 7.16. The molecule has 2 nitrogen and oxygen atoms in total. The van der Waals surface area contributed by atoms with E-state index in [-0.39, 0.29) is 0 Å². The molecule has 0 bridgehead atoms. The van der Waals surface area contributed by atoms with Crippen molar-refractivity contribution in [3.8, 4) is 0 Å². The van der Waals surface area contributed by atoms with Crippen LogP contribution in [0.4, 0.5) is 5.69 Å². The first-order valence-electron chi connectivity index (χ1n) is 5.83. The Hall–Kier alpha value is -1.03. The molecule has 0 saturated carbocycles. The second-order valence-corrected chi connectivity index (χ2v) is 6.31. The fraction of sp³-hybridized carbons (Fsp3) is 0.286. The minimum Gasteiger partial charge on any atom is -0.399 e. The van der Waals surface area contributed by atoms with Crippen LogP contribution in [0.15, 0.2) is 30.3 Å². The molecule has 4 heteroatoms. The molecule has 0 atom stereocenters. The van der Waals surface area contributed by atoms with E-state index in [1.54, 1.807) is 11.3 Å². The normalized spacial score (nSPS) is 11.1. The summed E-state index contributed by atoms with van der Waals surface area (Å²) in [7, 11) is 2.11. The Bertz CT molecular complexity index is 536. The Balaban J connectivity index is 2.03. The Morgan fingerprint density at radius 2 is 2.00 bits per heavy atom. The molecule has 0 saturated heterocycles. The zero-order valence-corrected chi connectivity index (χ0v) is 12.2. The smallest absolute Gasteiger partial charge is 0.0931 e. The summed E-state index contributed by atoms with van der Waals surface area (Å²) in [6.07, 6.45) is 0. The van der Waals surface area contributed by atoms with E-state index >= 15 is 0 Å². The van der Waals surface area contributed by atoms with E-state index in [9.17, 15) is 0 Å². The first-order chi connectivity index (χ1) is 8.56. The highest BCUT2D eigenvalue weighted by atomic mass is 35.5. The van der Waals surface area contributed by atoms with Gasteiger partial charge in [-0.3, -0.25) is 4.90 Å². The molecular formula is C14H17ClN2S. The van der Waals surface area contributed by atoms with Crippen LogP contribution in [0.25, 0.3) is 0 Å². The maximum Gasteiger partial charge on any atom is 0.0931 e. The van der Waals surface area contributed by atoms with Crippen LogP contribution in [-0.2, 0) is 13.1 Å². The second-order valence-electron chi connectivity index (χ2n) is 4.51. The van der Waals surface area contributed by atoms with Crippen molar-refractivity contribution in [2.45, 2.75) is 20.0 Å². The molecule has 1 heterocycles.